The lowest BCUT2D eigenvalue weighted by atomic mass is 9.92. The van der Waals surface area contributed by atoms with Crippen LogP contribution in [0, 0.1) is 0 Å². The second-order valence-electron chi connectivity index (χ2n) is 9.09. The van der Waals surface area contributed by atoms with Crippen LogP contribution >= 0.6 is 0 Å². The highest BCUT2D eigenvalue weighted by Crippen LogP contribution is 2.29. The summed E-state index contributed by atoms with van der Waals surface area (Å²) in [5, 5.41) is 13.5. The van der Waals surface area contributed by atoms with Crippen molar-refractivity contribution in [1.29, 1.82) is 0 Å². The number of amides is 1. The second-order valence-corrected chi connectivity index (χ2v) is 9.09. The van der Waals surface area contributed by atoms with Crippen LogP contribution in [0.4, 0.5) is 17.3 Å². The van der Waals surface area contributed by atoms with Crippen molar-refractivity contribution < 1.29 is 14.3 Å². The number of hydrogen-bond donors (Lipinski definition) is 3. The fraction of sp³-hybridized carbons (Fsp3) is 0.500. The van der Waals surface area contributed by atoms with E-state index in [1.807, 2.05) is 12.3 Å². The summed E-state index contributed by atoms with van der Waals surface area (Å²) in [4.78, 5) is 30.8. The van der Waals surface area contributed by atoms with Crippen molar-refractivity contribution >= 4 is 28.9 Å². The molecule has 0 bridgehead atoms. The Morgan fingerprint density at radius 1 is 1.17 bits per heavy atom. The maximum atomic E-state index is 13.3. The van der Waals surface area contributed by atoms with Gasteiger partial charge in [0.05, 0.1) is 24.4 Å². The average Bonchev–Trinajstić information content (AvgIpc) is 3.49. The monoisotopic (exact) mass is 481 g/mol. The first-order chi connectivity index (χ1) is 17.0. The van der Waals surface area contributed by atoms with Gasteiger partial charge in [0, 0.05) is 39.6 Å². The van der Waals surface area contributed by atoms with Gasteiger partial charge < -0.3 is 30.0 Å². The molecule has 0 aromatic carbocycles. The van der Waals surface area contributed by atoms with Gasteiger partial charge in [-0.15, -0.1) is 0 Å². The van der Waals surface area contributed by atoms with E-state index in [-0.39, 0.29) is 35.8 Å². The summed E-state index contributed by atoms with van der Waals surface area (Å²) in [5.74, 6) is 0.812. The lowest BCUT2D eigenvalue weighted by molar-refractivity contribution is 0.0580. The third-order valence-corrected chi connectivity index (χ3v) is 6.93. The molecule has 3 aromatic rings. The Hall–Kier alpha value is -3.44. The van der Waals surface area contributed by atoms with Crippen LogP contribution in [0.5, 0.6) is 0 Å². The predicted molar refractivity (Wildman–Crippen MR) is 131 cm³/mol. The maximum absolute atomic E-state index is 13.3. The van der Waals surface area contributed by atoms with E-state index >= 15 is 0 Å². The van der Waals surface area contributed by atoms with Crippen LogP contribution in [0.2, 0.25) is 0 Å². The van der Waals surface area contributed by atoms with Gasteiger partial charge in [-0.3, -0.25) is 9.59 Å². The summed E-state index contributed by atoms with van der Waals surface area (Å²) in [6.45, 7) is 0. The number of carbonyl (C=O) groups is 1. The molecular formula is C24H31N7O4. The van der Waals surface area contributed by atoms with Gasteiger partial charge in [0.15, 0.2) is 5.65 Å². The minimum absolute atomic E-state index is 0.00531. The molecule has 2 fully saturated rings. The van der Waals surface area contributed by atoms with Crippen molar-refractivity contribution in [3.05, 3.63) is 46.5 Å². The van der Waals surface area contributed by atoms with E-state index in [0.29, 0.717) is 28.5 Å². The molecule has 11 heteroatoms. The SMILES string of the molecule is CNc1cc(Nc2cccn(C3CCC(OC)CC3)c2=O)nc2c(C(=O)NC3C[C@H]3OC)cnn12. The van der Waals surface area contributed by atoms with Gasteiger partial charge in [0.1, 0.15) is 22.9 Å². The Morgan fingerprint density at radius 3 is 2.66 bits per heavy atom. The highest BCUT2D eigenvalue weighted by molar-refractivity contribution is 6.00. The normalized spacial score (nSPS) is 23.7. The fourth-order valence-corrected chi connectivity index (χ4v) is 4.79. The number of nitrogens with one attached hydrogen (secondary N) is 3. The largest absolute Gasteiger partial charge is 0.381 e. The van der Waals surface area contributed by atoms with Crippen molar-refractivity contribution in [2.24, 2.45) is 0 Å². The van der Waals surface area contributed by atoms with Gasteiger partial charge in [-0.1, -0.05) is 0 Å². The van der Waals surface area contributed by atoms with E-state index < -0.39 is 0 Å². The standard InChI is InChI=1S/C24H31N7O4/c1-25-21-12-20(29-22-16(13-26-31(21)22)23(32)28-18-11-19(18)35-3)27-17-5-4-10-30(24(17)33)14-6-8-15(34-2)9-7-14/h4-5,10,12-15,18-19,25H,6-9,11H2,1-3H3,(H,27,29)(H,28,32)/t14?,15?,18?,19-/m1/s1. The molecule has 3 heterocycles. The number of carbonyl (C=O) groups excluding carboxylic acids is 1. The zero-order valence-corrected chi connectivity index (χ0v) is 20.2. The molecule has 0 aliphatic heterocycles. The summed E-state index contributed by atoms with van der Waals surface area (Å²) < 4.78 is 14.1. The zero-order chi connectivity index (χ0) is 24.5. The van der Waals surface area contributed by atoms with Crippen molar-refractivity contribution in [3.8, 4) is 0 Å². The Bertz CT molecular complexity index is 1280. The Balaban J connectivity index is 1.41. The molecule has 186 valence electrons. The minimum Gasteiger partial charge on any atom is -0.381 e. The maximum Gasteiger partial charge on any atom is 0.274 e. The zero-order valence-electron chi connectivity index (χ0n) is 20.2. The highest BCUT2D eigenvalue weighted by Gasteiger charge is 2.39. The van der Waals surface area contributed by atoms with Gasteiger partial charge in [0.25, 0.3) is 11.5 Å². The second kappa shape index (κ2) is 9.67. The number of aromatic nitrogens is 4. The molecule has 35 heavy (non-hydrogen) atoms. The van der Waals surface area contributed by atoms with E-state index in [2.05, 4.69) is 26.0 Å². The number of pyridine rings is 1. The van der Waals surface area contributed by atoms with Crippen molar-refractivity contribution in [3.63, 3.8) is 0 Å². The number of nitrogens with zero attached hydrogens (tertiary/aromatic N) is 4. The Labute approximate surface area is 202 Å². The highest BCUT2D eigenvalue weighted by atomic mass is 16.5. The molecule has 2 saturated carbocycles. The molecular weight excluding hydrogens is 450 g/mol. The number of hydrogen-bond acceptors (Lipinski definition) is 8. The van der Waals surface area contributed by atoms with Gasteiger partial charge in [0.2, 0.25) is 0 Å². The third kappa shape index (κ3) is 4.61. The van der Waals surface area contributed by atoms with Crippen LogP contribution in [0.15, 0.2) is 35.4 Å². The van der Waals surface area contributed by atoms with Crippen LogP contribution < -0.4 is 21.5 Å². The van der Waals surface area contributed by atoms with Crippen LogP contribution in [-0.4, -0.2) is 64.6 Å². The quantitative estimate of drug-likeness (QED) is 0.448. The van der Waals surface area contributed by atoms with E-state index in [1.165, 1.54) is 6.20 Å². The molecule has 2 aliphatic rings. The summed E-state index contributed by atoms with van der Waals surface area (Å²) >= 11 is 0. The number of fused-ring (bicyclic) bond motifs is 1. The van der Waals surface area contributed by atoms with Crippen LogP contribution in [0.3, 0.4) is 0 Å². The molecule has 3 N–H and O–H groups in total. The smallest absolute Gasteiger partial charge is 0.274 e. The molecule has 2 atom stereocenters. The Kier molecular flexibility index (Phi) is 6.44. The molecule has 1 unspecified atom stereocenters. The third-order valence-electron chi connectivity index (χ3n) is 6.93. The van der Waals surface area contributed by atoms with Crippen LogP contribution in [0.1, 0.15) is 48.5 Å². The molecule has 11 nitrogen and oxygen atoms in total. The lowest BCUT2D eigenvalue weighted by Crippen LogP contribution is -2.30. The van der Waals surface area contributed by atoms with Crippen molar-refractivity contribution in [1.82, 2.24) is 24.5 Å². The van der Waals surface area contributed by atoms with Crippen LogP contribution in [-0.2, 0) is 9.47 Å². The summed E-state index contributed by atoms with van der Waals surface area (Å²) in [7, 11) is 5.13. The van der Waals surface area contributed by atoms with E-state index in [0.717, 1.165) is 32.1 Å². The average molecular weight is 482 g/mol. The topological polar surface area (TPSA) is 124 Å². The molecule has 3 aromatic heterocycles. The minimum atomic E-state index is -0.259. The van der Waals surface area contributed by atoms with Crippen molar-refractivity contribution in [2.45, 2.75) is 56.4 Å². The first-order valence-corrected chi connectivity index (χ1v) is 11.9. The van der Waals surface area contributed by atoms with Crippen molar-refractivity contribution in [2.75, 3.05) is 31.9 Å². The molecule has 2 aliphatic carbocycles. The van der Waals surface area contributed by atoms with Crippen LogP contribution in [0.25, 0.3) is 5.65 Å². The molecule has 0 saturated heterocycles. The number of anilines is 3. The molecule has 0 radical (unpaired) electrons. The van der Waals surface area contributed by atoms with Gasteiger partial charge in [-0.05, 0) is 44.2 Å². The lowest BCUT2D eigenvalue weighted by Gasteiger charge is -2.29. The molecule has 1 amide bonds. The number of rotatable bonds is 8. The summed E-state index contributed by atoms with van der Waals surface area (Å²) in [6, 6.07) is 5.50. The van der Waals surface area contributed by atoms with E-state index in [4.69, 9.17) is 9.47 Å². The predicted octanol–water partition coefficient (Wildman–Crippen LogP) is 2.32. The van der Waals surface area contributed by atoms with Gasteiger partial charge in [-0.25, -0.2) is 4.98 Å². The number of methoxy groups -OCH3 is 2. The van der Waals surface area contributed by atoms with E-state index in [1.54, 1.807) is 42.5 Å². The van der Waals surface area contributed by atoms with Gasteiger partial charge >= 0.3 is 0 Å². The first kappa shape index (κ1) is 23.3. The Morgan fingerprint density at radius 2 is 1.97 bits per heavy atom. The molecule has 0 spiro atoms. The van der Waals surface area contributed by atoms with Gasteiger partial charge in [-0.2, -0.15) is 9.61 Å². The fourth-order valence-electron chi connectivity index (χ4n) is 4.79. The van der Waals surface area contributed by atoms with E-state index in [9.17, 15) is 9.59 Å². The summed E-state index contributed by atoms with van der Waals surface area (Å²) in [6.07, 6.45) is 8.11. The number of ether oxygens (including phenoxy) is 2. The first-order valence-electron chi connectivity index (χ1n) is 11.9. The summed E-state index contributed by atoms with van der Waals surface area (Å²) in [5.41, 5.74) is 1.06. The molecule has 5 rings (SSSR count).